The van der Waals surface area contributed by atoms with E-state index in [0.29, 0.717) is 16.3 Å². The van der Waals surface area contributed by atoms with Crippen LogP contribution in [0.3, 0.4) is 0 Å². The zero-order chi connectivity index (χ0) is 13.1. The fourth-order valence-electron chi connectivity index (χ4n) is 1.40. The number of hydrogen-bond acceptors (Lipinski definition) is 6. The predicted octanol–water partition coefficient (Wildman–Crippen LogP) is 1.94. The summed E-state index contributed by atoms with van der Waals surface area (Å²) < 4.78 is 4.56. The summed E-state index contributed by atoms with van der Waals surface area (Å²) >= 11 is 1.36. The van der Waals surface area contributed by atoms with Crippen molar-refractivity contribution in [1.82, 2.24) is 4.98 Å². The monoisotopic (exact) mass is 265 g/mol. The summed E-state index contributed by atoms with van der Waals surface area (Å²) in [6, 6.07) is 4.47. The van der Waals surface area contributed by atoms with Crippen molar-refractivity contribution >= 4 is 17.3 Å². The van der Waals surface area contributed by atoms with Crippen molar-refractivity contribution in [3.8, 4) is 22.1 Å². The zero-order valence-electron chi connectivity index (χ0n) is 9.58. The molecule has 0 bridgehead atoms. The van der Waals surface area contributed by atoms with Crippen molar-refractivity contribution < 1.29 is 19.7 Å². The molecule has 0 amide bonds. The van der Waals surface area contributed by atoms with E-state index < -0.39 is 0 Å². The Kier molecular flexibility index (Phi) is 3.47. The molecule has 0 saturated heterocycles. The molecule has 0 aliphatic heterocycles. The quantitative estimate of drug-likeness (QED) is 0.655. The Morgan fingerprint density at radius 3 is 2.83 bits per heavy atom. The third kappa shape index (κ3) is 2.60. The Balaban J connectivity index is 2.23. The normalized spacial score (nSPS) is 10.3. The van der Waals surface area contributed by atoms with Gasteiger partial charge in [0, 0.05) is 10.9 Å². The fraction of sp³-hybridized carbons (Fsp3) is 0.167. The highest BCUT2D eigenvalue weighted by Crippen LogP contribution is 2.32. The molecule has 2 N–H and O–H groups in total. The largest absolute Gasteiger partial charge is 0.504 e. The second kappa shape index (κ2) is 5.05. The Bertz CT molecular complexity index is 579. The lowest BCUT2D eigenvalue weighted by atomic mass is 10.2. The van der Waals surface area contributed by atoms with Gasteiger partial charge in [0.05, 0.1) is 19.2 Å². The van der Waals surface area contributed by atoms with Crippen LogP contribution < -0.4 is 0 Å². The van der Waals surface area contributed by atoms with E-state index in [1.165, 1.54) is 30.6 Å². The van der Waals surface area contributed by atoms with Crippen LogP contribution in [-0.2, 0) is 16.0 Å². The van der Waals surface area contributed by atoms with Crippen LogP contribution in [0.1, 0.15) is 5.69 Å². The number of aromatic hydroxyl groups is 2. The van der Waals surface area contributed by atoms with Crippen molar-refractivity contribution in [2.45, 2.75) is 6.42 Å². The summed E-state index contributed by atoms with van der Waals surface area (Å²) in [7, 11) is 1.33. The number of aromatic nitrogens is 1. The van der Waals surface area contributed by atoms with Gasteiger partial charge in [-0.05, 0) is 18.2 Å². The number of nitrogens with zero attached hydrogens (tertiary/aromatic N) is 1. The molecule has 0 atom stereocenters. The average molecular weight is 265 g/mol. The van der Waals surface area contributed by atoms with E-state index in [9.17, 15) is 15.0 Å². The molecule has 0 saturated carbocycles. The molecule has 0 radical (unpaired) electrons. The number of benzene rings is 1. The van der Waals surface area contributed by atoms with Crippen LogP contribution in [0, 0.1) is 0 Å². The van der Waals surface area contributed by atoms with Crippen molar-refractivity contribution in [1.29, 1.82) is 0 Å². The number of esters is 1. The molecular weight excluding hydrogens is 254 g/mol. The van der Waals surface area contributed by atoms with Crippen molar-refractivity contribution in [3.05, 3.63) is 29.3 Å². The second-order valence-corrected chi connectivity index (χ2v) is 4.46. The summed E-state index contributed by atoms with van der Waals surface area (Å²) in [5.74, 6) is -0.720. The maximum absolute atomic E-state index is 11.1. The molecule has 1 heterocycles. The van der Waals surface area contributed by atoms with E-state index in [0.717, 1.165) is 0 Å². The Labute approximate surface area is 107 Å². The fourth-order valence-corrected chi connectivity index (χ4v) is 2.21. The van der Waals surface area contributed by atoms with Crippen LogP contribution in [0.15, 0.2) is 23.6 Å². The number of ether oxygens (including phenoxy) is 1. The van der Waals surface area contributed by atoms with Crippen LogP contribution >= 0.6 is 11.3 Å². The minimum atomic E-state index is -0.347. The number of thiazole rings is 1. The van der Waals surface area contributed by atoms with Crippen LogP contribution in [-0.4, -0.2) is 28.3 Å². The lowest BCUT2D eigenvalue weighted by molar-refractivity contribution is -0.139. The van der Waals surface area contributed by atoms with E-state index in [-0.39, 0.29) is 23.9 Å². The van der Waals surface area contributed by atoms with Gasteiger partial charge in [-0.1, -0.05) is 0 Å². The van der Waals surface area contributed by atoms with Gasteiger partial charge >= 0.3 is 5.97 Å². The first-order valence-electron chi connectivity index (χ1n) is 5.13. The van der Waals surface area contributed by atoms with E-state index in [1.54, 1.807) is 11.4 Å². The second-order valence-electron chi connectivity index (χ2n) is 3.60. The number of phenolic OH excluding ortho intramolecular Hbond substituents is 2. The highest BCUT2D eigenvalue weighted by Gasteiger charge is 2.10. The molecule has 6 heteroatoms. The topological polar surface area (TPSA) is 79.7 Å². The Hall–Kier alpha value is -2.08. The number of carbonyl (C=O) groups is 1. The zero-order valence-corrected chi connectivity index (χ0v) is 10.4. The molecule has 2 rings (SSSR count). The lowest BCUT2D eigenvalue weighted by Gasteiger charge is -2.00. The number of methoxy groups -OCH3 is 1. The van der Waals surface area contributed by atoms with Gasteiger partial charge in [0.15, 0.2) is 11.5 Å². The SMILES string of the molecule is COC(=O)Cc1csc(-c2ccc(O)c(O)c2)n1. The van der Waals surface area contributed by atoms with Crippen molar-refractivity contribution in [2.24, 2.45) is 0 Å². The van der Waals surface area contributed by atoms with Crippen LogP contribution in [0.4, 0.5) is 0 Å². The molecule has 0 fully saturated rings. The summed E-state index contributed by atoms with van der Waals surface area (Å²) in [6.45, 7) is 0. The Morgan fingerprint density at radius 1 is 1.39 bits per heavy atom. The number of rotatable bonds is 3. The molecular formula is C12H11NO4S. The number of carbonyl (C=O) groups excluding carboxylic acids is 1. The maximum Gasteiger partial charge on any atom is 0.311 e. The summed E-state index contributed by atoms with van der Waals surface area (Å²) in [6.07, 6.45) is 0.122. The van der Waals surface area contributed by atoms with Gasteiger partial charge < -0.3 is 14.9 Å². The minimum absolute atomic E-state index is 0.122. The first-order valence-corrected chi connectivity index (χ1v) is 6.01. The van der Waals surface area contributed by atoms with Crippen LogP contribution in [0.5, 0.6) is 11.5 Å². The molecule has 0 unspecified atom stereocenters. The molecule has 0 aliphatic rings. The molecule has 5 nitrogen and oxygen atoms in total. The Morgan fingerprint density at radius 2 is 2.17 bits per heavy atom. The summed E-state index contributed by atoms with van der Waals surface area (Å²) in [5, 5.41) is 21.1. The van der Waals surface area contributed by atoms with Crippen LogP contribution in [0.2, 0.25) is 0 Å². The van der Waals surface area contributed by atoms with E-state index in [4.69, 9.17) is 0 Å². The first kappa shape index (κ1) is 12.4. The van der Waals surface area contributed by atoms with Gasteiger partial charge in [0.2, 0.25) is 0 Å². The number of phenols is 2. The molecule has 2 aromatic rings. The maximum atomic E-state index is 11.1. The molecule has 94 valence electrons. The van der Waals surface area contributed by atoms with Gasteiger partial charge in [-0.15, -0.1) is 11.3 Å². The summed E-state index contributed by atoms with van der Waals surface area (Å²) in [5.41, 5.74) is 1.31. The molecule has 18 heavy (non-hydrogen) atoms. The van der Waals surface area contributed by atoms with Gasteiger partial charge in [-0.2, -0.15) is 0 Å². The molecule has 1 aromatic heterocycles. The standard InChI is InChI=1S/C12H11NO4S/c1-17-11(16)5-8-6-18-12(13-8)7-2-3-9(14)10(15)4-7/h2-4,6,14-15H,5H2,1H3. The van der Waals surface area contributed by atoms with E-state index in [2.05, 4.69) is 9.72 Å². The van der Waals surface area contributed by atoms with Gasteiger partial charge in [0.1, 0.15) is 5.01 Å². The predicted molar refractivity (Wildman–Crippen MR) is 66.6 cm³/mol. The molecule has 0 aliphatic carbocycles. The van der Waals surface area contributed by atoms with Crippen molar-refractivity contribution in [3.63, 3.8) is 0 Å². The van der Waals surface area contributed by atoms with Gasteiger partial charge in [0.25, 0.3) is 0 Å². The van der Waals surface area contributed by atoms with E-state index >= 15 is 0 Å². The number of hydrogen-bond donors (Lipinski definition) is 2. The first-order chi connectivity index (χ1) is 8.60. The smallest absolute Gasteiger partial charge is 0.311 e. The highest BCUT2D eigenvalue weighted by molar-refractivity contribution is 7.13. The van der Waals surface area contributed by atoms with Crippen molar-refractivity contribution in [2.75, 3.05) is 7.11 Å². The summed E-state index contributed by atoms with van der Waals surface area (Å²) in [4.78, 5) is 15.4. The van der Waals surface area contributed by atoms with Gasteiger partial charge in [-0.25, -0.2) is 4.98 Å². The lowest BCUT2D eigenvalue weighted by Crippen LogP contribution is -2.04. The highest BCUT2D eigenvalue weighted by atomic mass is 32.1. The molecule has 0 spiro atoms. The minimum Gasteiger partial charge on any atom is -0.504 e. The van der Waals surface area contributed by atoms with Crippen LogP contribution in [0.25, 0.3) is 10.6 Å². The van der Waals surface area contributed by atoms with E-state index in [1.807, 2.05) is 0 Å². The molecule has 1 aromatic carbocycles. The third-order valence-corrected chi connectivity index (χ3v) is 3.27. The average Bonchev–Trinajstić information content (AvgIpc) is 2.81. The third-order valence-electron chi connectivity index (χ3n) is 2.33. The van der Waals surface area contributed by atoms with Gasteiger partial charge in [-0.3, -0.25) is 4.79 Å².